The minimum absolute atomic E-state index is 0.766. The average molecular weight is 420 g/mol. The molecule has 0 radical (unpaired) electrons. The highest BCUT2D eigenvalue weighted by Crippen LogP contribution is 2.36. The van der Waals surface area contributed by atoms with Crippen LogP contribution in [0.15, 0.2) is 18.7 Å². The molecule has 16 heteroatoms. The van der Waals surface area contributed by atoms with Gasteiger partial charge in [0.15, 0.2) is 20.0 Å². The maximum absolute atomic E-state index is 11.4. The zero-order valence-corrected chi connectivity index (χ0v) is 14.1. The number of nitrogens with two attached hydrogens (primary N) is 1. The fourth-order valence-corrected chi connectivity index (χ4v) is 2.83. The third-order valence-corrected chi connectivity index (χ3v) is 4.97. The lowest BCUT2D eigenvalue weighted by Gasteiger charge is -2.22. The Morgan fingerprint density at radius 2 is 1.48 bits per heavy atom. The third kappa shape index (κ3) is 7.57. The molecule has 1 rings (SSSR count). The average Bonchev–Trinajstić information content (AvgIpc) is 2.79. The fraction of sp³-hybridized carbons (Fsp3) is 0.667. The number of halogens is 6. The molecule has 1 aromatic rings. The molecule has 0 saturated carbocycles. The third-order valence-electron chi connectivity index (χ3n) is 2.23. The Labute approximate surface area is 139 Å². The molecule has 0 spiro atoms. The first-order chi connectivity index (χ1) is 11.0. The maximum Gasteiger partial charge on any atom is 0.480 e. The second kappa shape index (κ2) is 8.33. The summed E-state index contributed by atoms with van der Waals surface area (Å²) in [6.07, 6.45) is 7.18. The van der Waals surface area contributed by atoms with Gasteiger partial charge in [-0.15, -0.1) is 0 Å². The Morgan fingerprint density at radius 3 is 1.76 bits per heavy atom. The first kappa shape index (κ1) is 23.6. The summed E-state index contributed by atoms with van der Waals surface area (Å²) in [6, 6.07) is 0. The van der Waals surface area contributed by atoms with Gasteiger partial charge in [0, 0.05) is 0 Å². The van der Waals surface area contributed by atoms with E-state index in [4.69, 9.17) is 5.73 Å². The van der Waals surface area contributed by atoms with Crippen molar-refractivity contribution in [3.05, 3.63) is 22.8 Å². The minimum Gasteiger partial charge on any atom is -0.421 e. The quantitative estimate of drug-likeness (QED) is 0.557. The Bertz CT molecular complexity index is 712. The monoisotopic (exact) mass is 420 g/mol. The molecule has 0 aromatic carbocycles. The molecule has 0 saturated heterocycles. The molecule has 0 amide bonds. The Kier molecular flexibility index (Phi) is 7.86. The SMILES string of the molecule is C[n+]1ccn(CCCN)c1.O=S(=O)([N-]S(=O)(=O)C(F)(F)F)C(F)(F)F. The van der Waals surface area contributed by atoms with Crippen LogP contribution in [0.5, 0.6) is 0 Å². The molecule has 148 valence electrons. The Balaban J connectivity index is 0.000000496. The van der Waals surface area contributed by atoms with E-state index in [0.29, 0.717) is 0 Å². The molecule has 25 heavy (non-hydrogen) atoms. The lowest BCUT2D eigenvalue weighted by Crippen LogP contribution is -2.30. The molecule has 0 fully saturated rings. The molecule has 0 atom stereocenters. The predicted molar refractivity (Wildman–Crippen MR) is 72.6 cm³/mol. The topological polar surface area (TPSA) is 117 Å². The molecule has 0 bridgehead atoms. The zero-order valence-electron chi connectivity index (χ0n) is 12.5. The Morgan fingerprint density at radius 1 is 1.04 bits per heavy atom. The van der Waals surface area contributed by atoms with Gasteiger partial charge in [-0.3, -0.25) is 0 Å². The van der Waals surface area contributed by atoms with Crippen molar-refractivity contribution >= 4 is 20.0 Å². The second-order valence-electron chi connectivity index (χ2n) is 4.38. The number of aromatic nitrogens is 2. The molecule has 0 aliphatic carbocycles. The van der Waals surface area contributed by atoms with Crippen molar-refractivity contribution in [1.82, 2.24) is 4.57 Å². The highest BCUT2D eigenvalue weighted by atomic mass is 32.3. The van der Waals surface area contributed by atoms with E-state index >= 15 is 0 Å². The Hall–Kier alpha value is -1.39. The highest BCUT2D eigenvalue weighted by molar-refractivity contribution is 8.13. The van der Waals surface area contributed by atoms with Gasteiger partial charge >= 0.3 is 11.0 Å². The van der Waals surface area contributed by atoms with Crippen LogP contribution in [0.25, 0.3) is 4.13 Å². The first-order valence-electron chi connectivity index (χ1n) is 6.11. The van der Waals surface area contributed by atoms with E-state index in [0.717, 1.165) is 23.6 Å². The number of rotatable bonds is 5. The largest absolute Gasteiger partial charge is 0.480 e. The molecule has 1 aromatic heterocycles. The summed E-state index contributed by atoms with van der Waals surface area (Å²) in [5, 5.41) is 0. The van der Waals surface area contributed by atoms with Gasteiger partial charge in [0.1, 0.15) is 12.4 Å². The van der Waals surface area contributed by atoms with Crippen molar-refractivity contribution in [3.63, 3.8) is 0 Å². The summed E-state index contributed by atoms with van der Waals surface area (Å²) >= 11 is 0. The predicted octanol–water partition coefficient (Wildman–Crippen LogP) is 0.721. The summed E-state index contributed by atoms with van der Waals surface area (Å²) in [5.41, 5.74) is -7.04. The van der Waals surface area contributed by atoms with Crippen LogP contribution in [-0.4, -0.2) is 39.0 Å². The van der Waals surface area contributed by atoms with Crippen LogP contribution in [0.1, 0.15) is 6.42 Å². The number of sulfonamides is 2. The first-order valence-corrected chi connectivity index (χ1v) is 8.99. The van der Waals surface area contributed by atoms with E-state index in [9.17, 15) is 43.2 Å². The van der Waals surface area contributed by atoms with E-state index in [-0.39, 0.29) is 0 Å². The van der Waals surface area contributed by atoms with Gasteiger partial charge in [-0.1, -0.05) is 0 Å². The van der Waals surface area contributed by atoms with E-state index < -0.39 is 31.1 Å². The fourth-order valence-electron chi connectivity index (χ4n) is 1.12. The van der Waals surface area contributed by atoms with Crippen LogP contribution in [0.3, 0.4) is 0 Å². The number of aryl methyl sites for hydroxylation is 2. The minimum atomic E-state index is -6.72. The number of imidazole rings is 1. The molecule has 0 unspecified atom stereocenters. The normalized spacial score (nSPS) is 13.3. The van der Waals surface area contributed by atoms with Crippen molar-refractivity contribution in [2.24, 2.45) is 12.8 Å². The van der Waals surface area contributed by atoms with E-state index in [2.05, 4.69) is 17.1 Å². The summed E-state index contributed by atoms with van der Waals surface area (Å²) in [6.45, 7) is 1.79. The zero-order chi connectivity index (χ0) is 20.1. The number of nitrogens with zero attached hydrogens (tertiary/aromatic N) is 3. The van der Waals surface area contributed by atoms with E-state index in [1.165, 1.54) is 0 Å². The summed E-state index contributed by atoms with van der Waals surface area (Å²) in [5.74, 6) is 0. The number of hydrogen-bond acceptors (Lipinski definition) is 5. The van der Waals surface area contributed by atoms with Gasteiger partial charge < -0.3 is 9.86 Å². The highest BCUT2D eigenvalue weighted by Gasteiger charge is 2.46. The molecule has 2 N–H and O–H groups in total. The van der Waals surface area contributed by atoms with Crippen molar-refractivity contribution in [2.45, 2.75) is 24.0 Å². The summed E-state index contributed by atoms with van der Waals surface area (Å²) < 4.78 is 113. The van der Waals surface area contributed by atoms with Crippen molar-refractivity contribution in [3.8, 4) is 0 Å². The van der Waals surface area contributed by atoms with Crippen molar-refractivity contribution < 1.29 is 47.7 Å². The van der Waals surface area contributed by atoms with Gasteiger partial charge in [0.2, 0.25) is 6.33 Å². The molecule has 0 aliphatic rings. The molecule has 0 aliphatic heterocycles. The van der Waals surface area contributed by atoms with E-state index in [1.807, 2.05) is 17.8 Å². The number of hydrogen-bond donors (Lipinski definition) is 1. The van der Waals surface area contributed by atoms with Gasteiger partial charge in [0.05, 0.1) is 13.6 Å². The summed E-state index contributed by atoms with van der Waals surface area (Å²) in [7, 11) is -11.4. The van der Waals surface area contributed by atoms with Crippen LogP contribution in [0.4, 0.5) is 26.3 Å². The van der Waals surface area contributed by atoms with Crippen LogP contribution < -0.4 is 10.3 Å². The molecular weight excluding hydrogens is 406 g/mol. The van der Waals surface area contributed by atoms with Gasteiger partial charge in [-0.05, 0) is 13.0 Å². The van der Waals surface area contributed by atoms with Crippen LogP contribution in [0.2, 0.25) is 0 Å². The molecule has 1 heterocycles. The standard InChI is InChI=1S/C7H14N3.C2F6NO4S2/c1-9-5-6-10(7-9)4-2-3-8;3-1(4,5)14(10,11)9-15(12,13)2(6,7)8/h5-7H,2-4,8H2,1H3;/q+1;-1. The van der Waals surface area contributed by atoms with Crippen molar-refractivity contribution in [2.75, 3.05) is 6.54 Å². The van der Waals surface area contributed by atoms with Crippen molar-refractivity contribution in [1.29, 1.82) is 0 Å². The van der Waals surface area contributed by atoms with Crippen LogP contribution in [0, 0.1) is 0 Å². The van der Waals surface area contributed by atoms with Gasteiger partial charge in [-0.25, -0.2) is 26.0 Å². The second-order valence-corrected chi connectivity index (χ2v) is 7.80. The van der Waals surface area contributed by atoms with Gasteiger partial charge in [-0.2, -0.15) is 26.3 Å². The summed E-state index contributed by atoms with van der Waals surface area (Å²) in [4.78, 5) is 0. The lowest BCUT2D eigenvalue weighted by atomic mass is 10.4. The lowest BCUT2D eigenvalue weighted by molar-refractivity contribution is -0.671. The number of alkyl halides is 6. The molecular formula is C9H14F6N4O4S2. The van der Waals surface area contributed by atoms with Gasteiger partial charge in [0.25, 0.3) is 0 Å². The molecule has 8 nitrogen and oxygen atoms in total. The smallest absolute Gasteiger partial charge is 0.421 e. The maximum atomic E-state index is 11.4. The van der Waals surface area contributed by atoms with E-state index in [1.54, 1.807) is 0 Å². The van der Waals surface area contributed by atoms with Crippen LogP contribution >= 0.6 is 0 Å². The van der Waals surface area contributed by atoms with Crippen LogP contribution in [-0.2, 0) is 33.6 Å².